The zero-order valence-electron chi connectivity index (χ0n) is 14.3. The van der Waals surface area contributed by atoms with Gasteiger partial charge in [-0.1, -0.05) is 25.1 Å². The first-order valence-corrected chi connectivity index (χ1v) is 8.50. The van der Waals surface area contributed by atoms with Gasteiger partial charge in [0.05, 0.1) is 6.10 Å². The molecule has 3 N–H and O–H groups in total. The highest BCUT2D eigenvalue weighted by molar-refractivity contribution is 5.94. The van der Waals surface area contributed by atoms with Crippen LogP contribution in [0.25, 0.3) is 0 Å². The lowest BCUT2D eigenvalue weighted by molar-refractivity contribution is -0.0187. The SMILES string of the molecule is CCc1cn([C@H]2C[C@H](O)[C@@H](CNC(=O)c3ccccc3)O2)c(=O)[nH]c1=O. The van der Waals surface area contributed by atoms with Crippen LogP contribution in [0.15, 0.2) is 46.1 Å². The minimum atomic E-state index is -0.833. The molecule has 0 bridgehead atoms. The van der Waals surface area contributed by atoms with Crippen molar-refractivity contribution < 1.29 is 14.6 Å². The van der Waals surface area contributed by atoms with Gasteiger partial charge in [-0.3, -0.25) is 19.1 Å². The predicted molar refractivity (Wildman–Crippen MR) is 94.0 cm³/mol. The van der Waals surface area contributed by atoms with Crippen molar-refractivity contribution in [3.8, 4) is 0 Å². The lowest BCUT2D eigenvalue weighted by atomic mass is 10.1. The largest absolute Gasteiger partial charge is 0.390 e. The van der Waals surface area contributed by atoms with Crippen LogP contribution in [0.4, 0.5) is 0 Å². The second-order valence-corrected chi connectivity index (χ2v) is 6.18. The molecule has 2 aromatic rings. The van der Waals surface area contributed by atoms with Crippen LogP contribution >= 0.6 is 0 Å². The summed E-state index contributed by atoms with van der Waals surface area (Å²) in [5.74, 6) is -0.265. The smallest absolute Gasteiger partial charge is 0.330 e. The Bertz CT molecular complexity index is 890. The Labute approximate surface area is 149 Å². The lowest BCUT2D eigenvalue weighted by Gasteiger charge is -2.17. The number of aliphatic hydroxyl groups is 1. The summed E-state index contributed by atoms with van der Waals surface area (Å²) in [6, 6.07) is 8.73. The molecular formula is C18H21N3O5. The number of nitrogens with one attached hydrogen (secondary N) is 2. The van der Waals surface area contributed by atoms with Crippen LogP contribution in [-0.4, -0.2) is 39.3 Å². The number of H-pyrrole nitrogens is 1. The summed E-state index contributed by atoms with van der Waals surface area (Å²) < 4.78 is 7.02. The van der Waals surface area contributed by atoms with E-state index in [0.717, 1.165) is 0 Å². The minimum Gasteiger partial charge on any atom is -0.390 e. The van der Waals surface area contributed by atoms with Crippen LogP contribution < -0.4 is 16.6 Å². The summed E-state index contributed by atoms with van der Waals surface area (Å²) in [6.45, 7) is 1.93. The molecular weight excluding hydrogens is 338 g/mol. The van der Waals surface area contributed by atoms with Crippen LogP contribution in [0.5, 0.6) is 0 Å². The summed E-state index contributed by atoms with van der Waals surface area (Å²) >= 11 is 0. The zero-order valence-corrected chi connectivity index (χ0v) is 14.3. The van der Waals surface area contributed by atoms with E-state index in [1.54, 1.807) is 24.3 Å². The van der Waals surface area contributed by atoms with E-state index in [-0.39, 0.29) is 18.9 Å². The summed E-state index contributed by atoms with van der Waals surface area (Å²) in [5.41, 5.74) is -0.0261. The fraction of sp³-hybridized carbons (Fsp3) is 0.389. The first kappa shape index (κ1) is 18.1. The predicted octanol–water partition coefficient (Wildman–Crippen LogP) is 0.177. The molecule has 0 spiro atoms. The van der Waals surface area contributed by atoms with Crippen LogP contribution in [0.1, 0.15) is 35.5 Å². The highest BCUT2D eigenvalue weighted by atomic mass is 16.5. The van der Waals surface area contributed by atoms with Crippen LogP contribution in [0, 0.1) is 0 Å². The van der Waals surface area contributed by atoms with Gasteiger partial charge in [-0.05, 0) is 18.6 Å². The quantitative estimate of drug-likeness (QED) is 0.705. The fourth-order valence-corrected chi connectivity index (χ4v) is 2.95. The zero-order chi connectivity index (χ0) is 18.7. The molecule has 3 atom stereocenters. The van der Waals surface area contributed by atoms with Gasteiger partial charge in [0, 0.05) is 30.3 Å². The van der Waals surface area contributed by atoms with Gasteiger partial charge in [0.1, 0.15) is 12.3 Å². The molecule has 1 aromatic heterocycles. The second kappa shape index (κ2) is 7.67. The summed E-state index contributed by atoms with van der Waals surface area (Å²) in [6.07, 6.45) is -0.0406. The molecule has 1 aliphatic rings. The van der Waals surface area contributed by atoms with E-state index in [1.807, 2.05) is 13.0 Å². The van der Waals surface area contributed by atoms with Gasteiger partial charge in [-0.2, -0.15) is 0 Å². The Hall–Kier alpha value is -2.71. The number of aryl methyl sites for hydroxylation is 1. The Kier molecular flexibility index (Phi) is 5.34. The highest BCUT2D eigenvalue weighted by Crippen LogP contribution is 2.27. The van der Waals surface area contributed by atoms with Gasteiger partial charge in [-0.25, -0.2) is 4.79 Å². The third-order valence-corrected chi connectivity index (χ3v) is 4.44. The number of amides is 1. The molecule has 138 valence electrons. The van der Waals surface area contributed by atoms with Crippen molar-refractivity contribution >= 4 is 5.91 Å². The molecule has 0 aliphatic carbocycles. The molecule has 0 radical (unpaired) electrons. The Balaban J connectivity index is 1.67. The maximum absolute atomic E-state index is 12.1. The molecule has 1 aliphatic heterocycles. The van der Waals surface area contributed by atoms with Gasteiger partial charge >= 0.3 is 5.69 Å². The number of carbonyl (C=O) groups excluding carboxylic acids is 1. The van der Waals surface area contributed by atoms with Gasteiger partial charge in [0.25, 0.3) is 11.5 Å². The minimum absolute atomic E-state index is 0.115. The molecule has 26 heavy (non-hydrogen) atoms. The number of ether oxygens (including phenoxy) is 1. The molecule has 1 saturated heterocycles. The lowest BCUT2D eigenvalue weighted by Crippen LogP contribution is -2.37. The first-order valence-electron chi connectivity index (χ1n) is 8.50. The number of rotatable bonds is 5. The van der Waals surface area contributed by atoms with E-state index in [4.69, 9.17) is 4.74 Å². The second-order valence-electron chi connectivity index (χ2n) is 6.18. The summed E-state index contributed by atoms with van der Waals surface area (Å²) in [4.78, 5) is 38.1. The molecule has 2 heterocycles. The van der Waals surface area contributed by atoms with Gasteiger partial charge in [0.2, 0.25) is 0 Å². The van der Waals surface area contributed by atoms with E-state index in [0.29, 0.717) is 17.5 Å². The Morgan fingerprint density at radius 2 is 2.08 bits per heavy atom. The average Bonchev–Trinajstić information content (AvgIpc) is 3.01. The molecule has 1 fully saturated rings. The number of nitrogens with zero attached hydrogens (tertiary/aromatic N) is 1. The number of aromatic nitrogens is 2. The Morgan fingerprint density at radius 3 is 2.77 bits per heavy atom. The first-order chi connectivity index (χ1) is 12.5. The van der Waals surface area contributed by atoms with E-state index in [2.05, 4.69) is 10.3 Å². The van der Waals surface area contributed by atoms with Crippen molar-refractivity contribution in [2.45, 2.75) is 38.2 Å². The molecule has 1 aromatic carbocycles. The standard InChI is InChI=1S/C18H21N3O5/c1-2-11-10-21(18(25)20-17(11)24)15-8-13(22)14(26-15)9-19-16(23)12-6-4-3-5-7-12/h3-7,10,13-15,22H,2,8-9H2,1H3,(H,19,23)(H,20,24,25)/t13-,14+,15+/m0/s1. The van der Waals surface area contributed by atoms with E-state index >= 15 is 0 Å². The molecule has 8 nitrogen and oxygen atoms in total. The van der Waals surface area contributed by atoms with E-state index in [9.17, 15) is 19.5 Å². The highest BCUT2D eigenvalue weighted by Gasteiger charge is 2.35. The fourth-order valence-electron chi connectivity index (χ4n) is 2.95. The Morgan fingerprint density at radius 1 is 1.35 bits per heavy atom. The van der Waals surface area contributed by atoms with Gasteiger partial charge in [-0.15, -0.1) is 0 Å². The number of aliphatic hydroxyl groups excluding tert-OH is 1. The van der Waals surface area contributed by atoms with Crippen LogP contribution in [0.2, 0.25) is 0 Å². The maximum atomic E-state index is 12.1. The van der Waals surface area contributed by atoms with Crippen molar-refractivity contribution in [3.05, 3.63) is 68.5 Å². The van der Waals surface area contributed by atoms with E-state index in [1.165, 1.54) is 10.8 Å². The van der Waals surface area contributed by atoms with Gasteiger partial charge in [0.15, 0.2) is 0 Å². The topological polar surface area (TPSA) is 113 Å². The molecule has 1 amide bonds. The van der Waals surface area contributed by atoms with Gasteiger partial charge < -0.3 is 15.2 Å². The van der Waals surface area contributed by atoms with Crippen molar-refractivity contribution in [2.24, 2.45) is 0 Å². The van der Waals surface area contributed by atoms with Crippen LogP contribution in [0.3, 0.4) is 0 Å². The van der Waals surface area contributed by atoms with Crippen molar-refractivity contribution in [2.75, 3.05) is 6.54 Å². The number of benzene rings is 1. The third-order valence-electron chi connectivity index (χ3n) is 4.44. The van der Waals surface area contributed by atoms with Crippen molar-refractivity contribution in [3.63, 3.8) is 0 Å². The summed E-state index contributed by atoms with van der Waals surface area (Å²) in [5, 5.41) is 12.9. The third kappa shape index (κ3) is 3.76. The van der Waals surface area contributed by atoms with Crippen molar-refractivity contribution in [1.29, 1.82) is 0 Å². The van der Waals surface area contributed by atoms with Crippen LogP contribution in [-0.2, 0) is 11.2 Å². The number of carbonyl (C=O) groups is 1. The molecule has 0 saturated carbocycles. The molecule has 3 rings (SSSR count). The summed E-state index contributed by atoms with van der Waals surface area (Å²) in [7, 11) is 0. The monoisotopic (exact) mass is 359 g/mol. The number of hydrogen-bond donors (Lipinski definition) is 3. The van der Waals surface area contributed by atoms with E-state index < -0.39 is 29.7 Å². The normalized spacial score (nSPS) is 22.3. The number of aromatic amines is 1. The molecule has 0 unspecified atom stereocenters. The molecule has 8 heteroatoms. The van der Waals surface area contributed by atoms with Crippen molar-refractivity contribution in [1.82, 2.24) is 14.9 Å². The maximum Gasteiger partial charge on any atom is 0.330 e. The average molecular weight is 359 g/mol. The number of hydrogen-bond acceptors (Lipinski definition) is 5.